The summed E-state index contributed by atoms with van der Waals surface area (Å²) >= 11 is 0. The van der Waals surface area contributed by atoms with Gasteiger partial charge in [-0.15, -0.1) is 0 Å². The number of hydrogen-bond acceptors (Lipinski definition) is 5. The number of pyridine rings is 8. The Morgan fingerprint density at radius 2 is 0.637 bits per heavy atom. The number of allylic oxidation sites excluding steroid dienone is 18. The first-order chi connectivity index (χ1) is 55.5. The van der Waals surface area contributed by atoms with E-state index in [0.29, 0.717) is 6.42 Å². The van der Waals surface area contributed by atoms with E-state index >= 15 is 0 Å². The number of unbranched alkanes of at least 4 members (excludes halogenated alkanes) is 11. The van der Waals surface area contributed by atoms with Gasteiger partial charge in [0.2, 0.25) is 22.8 Å². The minimum Gasteiger partial charge on any atom is -0.481 e. The molecule has 0 saturated heterocycles. The molecule has 16 heteroatoms. The molecular weight excluding hydrogens is 1390 g/mol. The Labute approximate surface area is 665 Å². The number of aliphatic imine (C=N–C) groups is 2. The standard InChI is InChI=1S/C97H103N14O2/c1-102-55-28-75(29-56-102)78-34-61-105(62-35-78)48-12-4-7-15-51-108-67-40-81(41-68-108)94-85-20-22-87(98-85)95(82-42-69-109(70-43-82)52-16-8-5-13-49-106-63-36-79(37-64-106)76-30-57-103(2)58-31-76)89-24-26-91(100-89)97(84-46-73-111(74-47-84)54-18-10-11-19-93(112)113)92-27-25-90(101-92)96(88-23-21-86(94)99-88)83-44-71-110(72-45-83)53-17-9-6-14-50-107-65-38-80(39-66-107)77-32-59-104(3)60-33-77/h20-47,55-74H,4-19,48-54H2,1-3H3/q+7/p+3. The molecule has 0 atom stereocenters. The number of aryl methyl sites for hydroxylation is 8. The van der Waals surface area contributed by atoms with Gasteiger partial charge in [-0.1, -0.05) is 6.42 Å². The maximum atomic E-state index is 11.3. The Kier molecular flexibility index (Phi) is 24.9. The molecular formula is C97H106N14O2+10. The maximum Gasteiger partial charge on any atom is 0.303 e. The summed E-state index contributed by atoms with van der Waals surface area (Å²) in [5.41, 5.74) is 22.9. The quantitative estimate of drug-likeness (QED) is 0.0280. The van der Waals surface area contributed by atoms with E-state index in [9.17, 15) is 9.90 Å². The molecule has 0 aromatic carbocycles. The number of nitrogens with zero attached hydrogens (tertiary/aromatic N) is 12. The van der Waals surface area contributed by atoms with Crippen molar-refractivity contribution in [3.05, 3.63) is 350 Å². The summed E-state index contributed by atoms with van der Waals surface area (Å²) in [6.45, 7) is 6.60. The van der Waals surface area contributed by atoms with E-state index in [1.807, 2.05) is 14.1 Å². The highest BCUT2D eigenvalue weighted by atomic mass is 16.4. The second-order valence-corrected chi connectivity index (χ2v) is 30.5. The first-order valence-electron chi connectivity index (χ1n) is 40.7. The molecule has 566 valence electrons. The summed E-state index contributed by atoms with van der Waals surface area (Å²) in [6.07, 6.45) is 86.1. The van der Waals surface area contributed by atoms with Gasteiger partial charge in [-0.05, 0) is 139 Å². The lowest BCUT2D eigenvalue weighted by molar-refractivity contribution is -0.698. The summed E-state index contributed by atoms with van der Waals surface area (Å²) in [5, 5.41) is 9.31. The van der Waals surface area contributed by atoms with Crippen molar-refractivity contribution >= 4 is 51.1 Å². The number of aliphatic carboxylic acids is 1. The lowest BCUT2D eigenvalue weighted by atomic mass is 9.99. The zero-order chi connectivity index (χ0) is 77.1. The molecule has 7 aliphatic rings. The van der Waals surface area contributed by atoms with E-state index in [0.717, 1.165) is 207 Å². The van der Waals surface area contributed by atoms with Crippen molar-refractivity contribution in [1.29, 1.82) is 0 Å². The number of carbonyl (C=O) groups is 1. The van der Waals surface area contributed by atoms with E-state index in [4.69, 9.17) is 9.98 Å². The van der Waals surface area contributed by atoms with Crippen LogP contribution in [0.4, 0.5) is 0 Å². The van der Waals surface area contributed by atoms with Crippen molar-refractivity contribution in [1.82, 2.24) is 9.80 Å². The molecule has 113 heavy (non-hydrogen) atoms. The molecule has 0 unspecified atom stereocenters. The molecule has 8 bridgehead atoms. The van der Waals surface area contributed by atoms with Crippen molar-refractivity contribution in [3.8, 4) is 22.3 Å². The highest BCUT2D eigenvalue weighted by Gasteiger charge is 2.34. The fourth-order valence-corrected chi connectivity index (χ4v) is 15.6. The second kappa shape index (κ2) is 37.1. The molecule has 0 fully saturated rings. The van der Waals surface area contributed by atoms with Crippen LogP contribution >= 0.6 is 0 Å². The third-order valence-electron chi connectivity index (χ3n) is 22.1. The highest BCUT2D eigenvalue weighted by molar-refractivity contribution is 6.37. The minimum absolute atomic E-state index is 0.190. The van der Waals surface area contributed by atoms with Crippen LogP contribution in [0.5, 0.6) is 0 Å². The number of fused-ring (bicyclic) bond motifs is 4. The number of nitrogens with one attached hydrogen (secondary N) is 2. The molecule has 15 rings (SSSR count). The van der Waals surface area contributed by atoms with Crippen molar-refractivity contribution in [2.24, 2.45) is 24.1 Å². The molecule has 7 aliphatic heterocycles. The van der Waals surface area contributed by atoms with Crippen LogP contribution in [0.15, 0.2) is 338 Å². The summed E-state index contributed by atoms with van der Waals surface area (Å²) in [6, 6.07) is 35.5. The zero-order valence-corrected chi connectivity index (χ0v) is 65.7. The lowest BCUT2D eigenvalue weighted by Gasteiger charge is -2.20. The third-order valence-corrected chi connectivity index (χ3v) is 22.1. The number of rotatable bonds is 33. The smallest absolute Gasteiger partial charge is 0.303 e. The Balaban J connectivity index is 0.698. The molecule has 0 radical (unpaired) electrons. The molecule has 16 nitrogen and oxygen atoms in total. The molecule has 8 aromatic rings. The minimum atomic E-state index is -0.747. The topological polar surface area (TPSA) is 127 Å². The van der Waals surface area contributed by atoms with Gasteiger partial charge in [-0.25, -0.2) is 56.5 Å². The van der Waals surface area contributed by atoms with E-state index in [2.05, 4.69) is 357 Å². The number of hydrogen-bond donors (Lipinski definition) is 3. The molecule has 0 spiro atoms. The first-order valence-corrected chi connectivity index (χ1v) is 40.7. The zero-order valence-electron chi connectivity index (χ0n) is 65.7. The summed E-state index contributed by atoms with van der Waals surface area (Å²) in [7, 11) is 6.15. The van der Waals surface area contributed by atoms with Gasteiger partial charge >= 0.3 is 5.97 Å². The molecule has 3 N–H and O–H groups in total. The van der Waals surface area contributed by atoms with Gasteiger partial charge in [0.1, 0.15) is 58.9 Å². The van der Waals surface area contributed by atoms with Crippen LogP contribution in [0, 0.1) is 0 Å². The van der Waals surface area contributed by atoms with Gasteiger partial charge in [-0.3, -0.25) is 4.79 Å². The van der Waals surface area contributed by atoms with Crippen LogP contribution in [0.25, 0.3) is 44.5 Å². The van der Waals surface area contributed by atoms with Crippen LogP contribution in [0.1, 0.15) is 125 Å². The average Bonchev–Trinajstić information content (AvgIpc) is 1.60. The van der Waals surface area contributed by atoms with Crippen molar-refractivity contribution < 1.29 is 56.4 Å². The first kappa shape index (κ1) is 76.0. The van der Waals surface area contributed by atoms with Gasteiger partial charge in [0, 0.05) is 227 Å². The summed E-state index contributed by atoms with van der Waals surface area (Å²) in [4.78, 5) is 35.1. The Bertz CT molecular complexity index is 5320. The predicted octanol–water partition coefficient (Wildman–Crippen LogP) is 10.9. The maximum absolute atomic E-state index is 11.3. The van der Waals surface area contributed by atoms with Crippen molar-refractivity contribution in [3.63, 3.8) is 0 Å². The van der Waals surface area contributed by atoms with Crippen LogP contribution in [0.2, 0.25) is 0 Å². The molecule has 0 amide bonds. The van der Waals surface area contributed by atoms with Gasteiger partial charge in [-0.2, -0.15) is 0 Å². The van der Waals surface area contributed by atoms with Gasteiger partial charge < -0.3 is 14.9 Å². The van der Waals surface area contributed by atoms with Crippen LogP contribution in [-0.2, 0) is 58.2 Å². The van der Waals surface area contributed by atoms with Crippen molar-refractivity contribution in [2.45, 2.75) is 142 Å². The monoisotopic (exact) mass is 1500 g/mol. The average molecular weight is 1500 g/mol. The van der Waals surface area contributed by atoms with E-state index < -0.39 is 5.97 Å². The van der Waals surface area contributed by atoms with Crippen molar-refractivity contribution in [2.75, 3.05) is 13.6 Å². The second-order valence-electron chi connectivity index (χ2n) is 30.5. The lowest BCUT2D eigenvalue weighted by Crippen LogP contribution is -2.71. The number of aromatic nitrogens is 8. The highest BCUT2D eigenvalue weighted by Crippen LogP contribution is 2.35. The van der Waals surface area contributed by atoms with E-state index in [-0.39, 0.29) is 6.42 Å². The fraction of sp³-hybridized carbons (Fsp3) is 0.268. The van der Waals surface area contributed by atoms with Gasteiger partial charge in [0.25, 0.3) is 0 Å². The Morgan fingerprint density at radius 3 is 1.04 bits per heavy atom. The fourth-order valence-electron chi connectivity index (χ4n) is 15.6. The summed E-state index contributed by atoms with van der Waals surface area (Å²) < 4.78 is 17.9. The molecule has 0 aliphatic carbocycles. The van der Waals surface area contributed by atoms with Gasteiger partial charge in [0.15, 0.2) is 99.1 Å². The van der Waals surface area contributed by atoms with E-state index in [1.54, 1.807) is 0 Å². The molecule has 8 aromatic heterocycles. The largest absolute Gasteiger partial charge is 0.481 e. The predicted molar refractivity (Wildman–Crippen MR) is 444 cm³/mol. The van der Waals surface area contributed by atoms with Crippen LogP contribution < -0.4 is 46.5 Å². The number of carboxylic acids is 1. The van der Waals surface area contributed by atoms with E-state index in [1.165, 1.54) is 52.7 Å². The third kappa shape index (κ3) is 19.8. The van der Waals surface area contributed by atoms with Crippen LogP contribution in [0.3, 0.4) is 0 Å². The Hall–Kier alpha value is -12.4. The molecule has 15 heterocycles. The summed E-state index contributed by atoms with van der Waals surface area (Å²) in [5.74, 6) is -0.747. The normalized spacial score (nSPS) is 15.5. The molecule has 0 saturated carbocycles. The van der Waals surface area contributed by atoms with Gasteiger partial charge in [0.05, 0.1) is 34.0 Å². The Morgan fingerprint density at radius 1 is 0.327 bits per heavy atom. The SMILES string of the molecule is CN1C=CC(=C2C=CN(CCCCCC[n+]3ccc(C4=C5C=CC(=[NH+]5)C(c5cc[n+](CCCCCC[n+]6ccc(-c7cc[n+](C)cc7)cc6)cc5)=C5C=CC(=[NH+]5)C(c5cc[n+](CCCCCC[n+]6ccc(-c7cc[n+](C)cc7)cc6)cc5)=C5C=CC(=N5)C(c5cc[n+](CCCCCC(=O)O)cc5)=C5C=CC4=N5)cc3)C=C2)C=C1. The van der Waals surface area contributed by atoms with Crippen LogP contribution in [-0.4, -0.2) is 57.3 Å². The number of carboxylic acid groups (broad SMARTS) is 1.